The van der Waals surface area contributed by atoms with Crippen LogP contribution in [0.1, 0.15) is 46.5 Å². The quantitative estimate of drug-likeness (QED) is 0.546. The van der Waals surface area contributed by atoms with E-state index in [1.54, 1.807) is 23.5 Å². The topological polar surface area (TPSA) is 108 Å². The third-order valence-corrected chi connectivity index (χ3v) is 6.84. The Bertz CT molecular complexity index is 1190. The summed E-state index contributed by atoms with van der Waals surface area (Å²) in [5, 5.41) is 13.2. The third kappa shape index (κ3) is 5.58. The molecule has 9 heteroatoms. The second-order valence-corrected chi connectivity index (χ2v) is 9.23. The summed E-state index contributed by atoms with van der Waals surface area (Å²) in [5.41, 5.74) is 3.25. The predicted molar refractivity (Wildman–Crippen MR) is 128 cm³/mol. The number of nitriles is 1. The van der Waals surface area contributed by atoms with Gasteiger partial charge in [-0.05, 0) is 35.7 Å². The maximum atomic E-state index is 12.7. The van der Waals surface area contributed by atoms with Crippen molar-refractivity contribution < 1.29 is 14.3 Å². The average Bonchev–Trinajstić information content (AvgIpc) is 3.20. The summed E-state index contributed by atoms with van der Waals surface area (Å²) < 4.78 is 5.44. The summed E-state index contributed by atoms with van der Waals surface area (Å²) >= 11 is 1.35. The lowest BCUT2D eigenvalue weighted by molar-refractivity contribution is -0.116. The Hall–Kier alpha value is -3.77. The van der Waals surface area contributed by atoms with Crippen molar-refractivity contribution in [3.05, 3.63) is 76.2 Å². The minimum atomic E-state index is -0.379. The zero-order chi connectivity index (χ0) is 23.9. The molecule has 34 heavy (non-hydrogen) atoms. The van der Waals surface area contributed by atoms with Gasteiger partial charge in [0.05, 0.1) is 18.7 Å². The van der Waals surface area contributed by atoms with Crippen LogP contribution in [0.5, 0.6) is 0 Å². The molecule has 4 rings (SSSR count). The number of ether oxygens (including phenoxy) is 1. The number of carbonyl (C=O) groups is 2. The van der Waals surface area contributed by atoms with Crippen LogP contribution in [-0.4, -0.2) is 40.0 Å². The van der Waals surface area contributed by atoms with Gasteiger partial charge in [-0.25, -0.2) is 4.79 Å². The molecule has 1 aliphatic rings. The van der Waals surface area contributed by atoms with Gasteiger partial charge in [0.25, 0.3) is 0 Å². The van der Waals surface area contributed by atoms with E-state index in [0.29, 0.717) is 36.5 Å². The van der Waals surface area contributed by atoms with Crippen molar-refractivity contribution in [2.45, 2.75) is 38.6 Å². The minimum Gasteiger partial charge on any atom is -0.449 e. The minimum absolute atomic E-state index is 0.0433. The van der Waals surface area contributed by atoms with Crippen molar-refractivity contribution >= 4 is 28.3 Å². The van der Waals surface area contributed by atoms with Crippen LogP contribution in [0.4, 0.5) is 9.80 Å². The third-order valence-electron chi connectivity index (χ3n) is 5.70. The van der Waals surface area contributed by atoms with E-state index in [-0.39, 0.29) is 30.9 Å². The van der Waals surface area contributed by atoms with E-state index < -0.39 is 0 Å². The molecule has 0 aliphatic carbocycles. The fourth-order valence-corrected chi connectivity index (χ4v) is 5.12. The van der Waals surface area contributed by atoms with Crippen LogP contribution < -0.4 is 5.32 Å². The van der Waals surface area contributed by atoms with Crippen molar-refractivity contribution in [1.29, 1.82) is 5.26 Å². The van der Waals surface area contributed by atoms with Crippen LogP contribution in [0.2, 0.25) is 0 Å². The molecular formula is C25H25N5O3S. The lowest BCUT2D eigenvalue weighted by atomic mass is 10.0. The lowest BCUT2D eigenvalue weighted by Gasteiger charge is -2.26. The Kier molecular flexibility index (Phi) is 7.50. The number of nitrogens with one attached hydrogen (secondary N) is 1. The number of carbonyl (C=O) groups excluding carboxylic acids is 2. The number of pyridine rings is 2. The van der Waals surface area contributed by atoms with Crippen LogP contribution in [0.25, 0.3) is 0 Å². The highest BCUT2D eigenvalue weighted by molar-refractivity contribution is 7.16. The van der Waals surface area contributed by atoms with Crippen molar-refractivity contribution in [2.24, 2.45) is 0 Å². The zero-order valence-electron chi connectivity index (χ0n) is 18.9. The molecular weight excluding hydrogens is 450 g/mol. The number of rotatable bonds is 7. The van der Waals surface area contributed by atoms with Crippen LogP contribution >= 0.6 is 11.3 Å². The van der Waals surface area contributed by atoms with Crippen LogP contribution in [-0.2, 0) is 28.9 Å². The average molecular weight is 476 g/mol. The molecule has 3 aromatic heterocycles. The summed E-state index contributed by atoms with van der Waals surface area (Å²) in [6.07, 6.45) is 6.20. The molecule has 0 saturated carbocycles. The van der Waals surface area contributed by atoms with Crippen molar-refractivity contribution in [3.63, 3.8) is 0 Å². The first kappa shape index (κ1) is 23.4. The highest BCUT2D eigenvalue weighted by atomic mass is 32.1. The molecule has 0 saturated heterocycles. The van der Waals surface area contributed by atoms with E-state index in [0.717, 1.165) is 21.7 Å². The van der Waals surface area contributed by atoms with Gasteiger partial charge in [0.15, 0.2) is 0 Å². The molecule has 0 spiro atoms. The standard InChI is InChI=1S/C25H25N5O3S/c1-17(21-6-2-3-10-28-21)13-23(31)29-24-20(14-26)19-7-11-30(16-22(19)34-24)25(32)33-12-8-18-5-4-9-27-15-18/h2-6,9-10,15,17H,7-8,11-13,16H2,1H3,(H,29,31). The smallest absolute Gasteiger partial charge is 0.410 e. The van der Waals surface area contributed by atoms with Gasteiger partial charge in [0.2, 0.25) is 5.91 Å². The summed E-state index contributed by atoms with van der Waals surface area (Å²) in [6.45, 7) is 3.05. The fraction of sp³-hybridized carbons (Fsp3) is 0.320. The van der Waals surface area contributed by atoms with E-state index in [1.807, 2.05) is 37.3 Å². The molecule has 1 unspecified atom stereocenters. The predicted octanol–water partition coefficient (Wildman–Crippen LogP) is 4.28. The number of thiophene rings is 1. The van der Waals surface area contributed by atoms with E-state index in [1.165, 1.54) is 11.3 Å². The molecule has 1 atom stereocenters. The van der Waals surface area contributed by atoms with Gasteiger partial charge in [-0.15, -0.1) is 11.3 Å². The van der Waals surface area contributed by atoms with Crippen molar-refractivity contribution in [1.82, 2.24) is 14.9 Å². The molecule has 0 fully saturated rings. The normalized spacial score (nSPS) is 13.5. The van der Waals surface area contributed by atoms with E-state index in [9.17, 15) is 14.9 Å². The second kappa shape index (κ2) is 10.9. The van der Waals surface area contributed by atoms with Gasteiger partial charge in [0.1, 0.15) is 11.1 Å². The van der Waals surface area contributed by atoms with E-state index in [2.05, 4.69) is 21.4 Å². The number of amides is 2. The Morgan fingerprint density at radius 2 is 2.18 bits per heavy atom. The number of aromatic nitrogens is 2. The van der Waals surface area contributed by atoms with Gasteiger partial charge < -0.3 is 15.0 Å². The maximum Gasteiger partial charge on any atom is 0.410 e. The van der Waals surface area contributed by atoms with Gasteiger partial charge in [-0.1, -0.05) is 19.1 Å². The van der Waals surface area contributed by atoms with Gasteiger partial charge >= 0.3 is 6.09 Å². The Labute approximate surface area is 202 Å². The van der Waals surface area contributed by atoms with Crippen LogP contribution in [0, 0.1) is 11.3 Å². The number of nitrogens with zero attached hydrogens (tertiary/aromatic N) is 4. The summed E-state index contributed by atoms with van der Waals surface area (Å²) in [4.78, 5) is 36.1. The highest BCUT2D eigenvalue weighted by Crippen LogP contribution is 2.37. The molecule has 1 N–H and O–H groups in total. The molecule has 0 aromatic carbocycles. The first-order valence-corrected chi connectivity index (χ1v) is 11.9. The van der Waals surface area contributed by atoms with E-state index >= 15 is 0 Å². The van der Waals surface area contributed by atoms with Crippen LogP contribution in [0.15, 0.2) is 48.9 Å². The molecule has 2 amide bonds. The maximum absolute atomic E-state index is 12.7. The Morgan fingerprint density at radius 3 is 2.91 bits per heavy atom. The van der Waals surface area contributed by atoms with Crippen molar-refractivity contribution in [3.8, 4) is 6.07 Å². The Balaban J connectivity index is 1.35. The summed E-state index contributed by atoms with van der Waals surface area (Å²) in [7, 11) is 0. The largest absolute Gasteiger partial charge is 0.449 e. The summed E-state index contributed by atoms with van der Waals surface area (Å²) in [5.74, 6) is -0.210. The fourth-order valence-electron chi connectivity index (χ4n) is 3.89. The second-order valence-electron chi connectivity index (χ2n) is 8.12. The highest BCUT2D eigenvalue weighted by Gasteiger charge is 2.28. The number of hydrogen-bond acceptors (Lipinski definition) is 7. The SMILES string of the molecule is CC(CC(=O)Nc1sc2c(c1C#N)CCN(C(=O)OCCc1cccnc1)C2)c1ccccn1. The molecule has 8 nitrogen and oxygen atoms in total. The monoisotopic (exact) mass is 475 g/mol. The summed E-state index contributed by atoms with van der Waals surface area (Å²) in [6, 6.07) is 11.7. The van der Waals surface area contributed by atoms with E-state index in [4.69, 9.17) is 4.74 Å². The lowest BCUT2D eigenvalue weighted by Crippen LogP contribution is -2.36. The van der Waals surface area contributed by atoms with Gasteiger partial charge in [0, 0.05) is 54.5 Å². The molecule has 0 radical (unpaired) electrons. The molecule has 0 bridgehead atoms. The number of fused-ring (bicyclic) bond motifs is 1. The zero-order valence-corrected chi connectivity index (χ0v) is 19.7. The molecule has 1 aliphatic heterocycles. The Morgan fingerprint density at radius 1 is 1.29 bits per heavy atom. The first-order valence-electron chi connectivity index (χ1n) is 11.1. The number of hydrogen-bond donors (Lipinski definition) is 1. The number of anilines is 1. The van der Waals surface area contributed by atoms with Gasteiger partial charge in [-0.3, -0.25) is 14.8 Å². The van der Waals surface area contributed by atoms with Crippen LogP contribution in [0.3, 0.4) is 0 Å². The van der Waals surface area contributed by atoms with Crippen molar-refractivity contribution in [2.75, 3.05) is 18.5 Å². The molecule has 3 aromatic rings. The van der Waals surface area contributed by atoms with Gasteiger partial charge in [-0.2, -0.15) is 5.26 Å². The molecule has 174 valence electrons. The first-order chi connectivity index (χ1) is 16.5. The molecule has 4 heterocycles.